The first-order chi connectivity index (χ1) is 10.7. The Labute approximate surface area is 133 Å². The topological polar surface area (TPSA) is 90.3 Å². The van der Waals surface area contributed by atoms with E-state index in [0.717, 1.165) is 50.2 Å². The lowest BCUT2D eigenvalue weighted by atomic mass is 9.95. The van der Waals surface area contributed by atoms with Crippen LogP contribution >= 0.6 is 11.3 Å². The Morgan fingerprint density at radius 1 is 1.36 bits per heavy atom. The normalized spacial score (nSPS) is 21.9. The van der Waals surface area contributed by atoms with Crippen LogP contribution in [0.3, 0.4) is 0 Å². The zero-order valence-corrected chi connectivity index (χ0v) is 13.5. The zero-order valence-electron chi connectivity index (χ0n) is 12.7. The second-order valence-corrected chi connectivity index (χ2v) is 7.30. The van der Waals surface area contributed by atoms with E-state index in [-0.39, 0.29) is 6.10 Å². The van der Waals surface area contributed by atoms with Gasteiger partial charge >= 0.3 is 0 Å². The van der Waals surface area contributed by atoms with Crippen LogP contribution in [0, 0.1) is 5.92 Å². The van der Waals surface area contributed by atoms with Crippen LogP contribution in [0.25, 0.3) is 10.2 Å². The second kappa shape index (κ2) is 5.33. The average Bonchev–Trinajstić information content (AvgIpc) is 2.84. The van der Waals surface area contributed by atoms with E-state index in [1.807, 2.05) is 11.3 Å². The number of anilines is 2. The fourth-order valence-electron chi connectivity index (χ4n) is 3.41. The molecule has 3 heterocycles. The van der Waals surface area contributed by atoms with Crippen molar-refractivity contribution < 1.29 is 4.74 Å². The summed E-state index contributed by atoms with van der Waals surface area (Å²) in [4.78, 5) is 12.7. The minimum absolute atomic E-state index is 0.288. The SMILES string of the molecule is COC1CCc2sc3c(N4CC(CN)C4)nc(N)nc3c2C1. The third kappa shape index (κ3) is 2.15. The first-order valence-corrected chi connectivity index (χ1v) is 8.56. The molecular weight excluding hydrogens is 298 g/mol. The van der Waals surface area contributed by atoms with E-state index in [1.165, 1.54) is 15.1 Å². The second-order valence-electron chi connectivity index (χ2n) is 6.19. The lowest BCUT2D eigenvalue weighted by Gasteiger charge is -2.39. The summed E-state index contributed by atoms with van der Waals surface area (Å²) in [6.45, 7) is 2.66. The number of ether oxygens (including phenoxy) is 1. The van der Waals surface area contributed by atoms with Gasteiger partial charge in [-0.05, 0) is 24.9 Å². The molecule has 4 rings (SSSR count). The van der Waals surface area contributed by atoms with E-state index >= 15 is 0 Å². The summed E-state index contributed by atoms with van der Waals surface area (Å²) < 4.78 is 6.71. The zero-order chi connectivity index (χ0) is 15.3. The lowest BCUT2D eigenvalue weighted by molar-refractivity contribution is 0.0919. The van der Waals surface area contributed by atoms with Gasteiger partial charge in [-0.2, -0.15) is 4.98 Å². The molecule has 0 spiro atoms. The van der Waals surface area contributed by atoms with E-state index in [1.54, 1.807) is 7.11 Å². The number of rotatable bonds is 3. The molecule has 1 unspecified atom stereocenters. The molecule has 0 bridgehead atoms. The number of nitrogen functional groups attached to an aromatic ring is 1. The Balaban J connectivity index is 1.78. The number of thiophene rings is 1. The minimum Gasteiger partial charge on any atom is -0.381 e. The average molecular weight is 319 g/mol. The van der Waals surface area contributed by atoms with E-state index in [0.29, 0.717) is 11.9 Å². The van der Waals surface area contributed by atoms with Gasteiger partial charge in [0.05, 0.1) is 16.3 Å². The molecule has 0 amide bonds. The largest absolute Gasteiger partial charge is 0.381 e. The molecule has 4 N–H and O–H groups in total. The number of aromatic nitrogens is 2. The Bertz CT molecular complexity index is 710. The predicted molar refractivity (Wildman–Crippen MR) is 89.4 cm³/mol. The van der Waals surface area contributed by atoms with Gasteiger partial charge in [0.1, 0.15) is 0 Å². The number of aryl methyl sites for hydroxylation is 1. The smallest absolute Gasteiger partial charge is 0.222 e. The standard InChI is InChI=1S/C15H21N5OS/c1-21-9-2-3-11-10(4-9)12-13(22-11)14(19-15(17)18-12)20-6-8(5-16)7-20/h8-9H,2-7,16H2,1H3,(H2,17,18,19). The molecule has 2 aliphatic rings. The Morgan fingerprint density at radius 2 is 2.18 bits per heavy atom. The van der Waals surface area contributed by atoms with E-state index in [9.17, 15) is 0 Å². The van der Waals surface area contributed by atoms with Gasteiger partial charge < -0.3 is 21.1 Å². The highest BCUT2D eigenvalue weighted by Gasteiger charge is 2.31. The van der Waals surface area contributed by atoms with Crippen LogP contribution in [0.5, 0.6) is 0 Å². The summed E-state index contributed by atoms with van der Waals surface area (Å²) in [6.07, 6.45) is 3.34. The molecule has 1 atom stereocenters. The maximum Gasteiger partial charge on any atom is 0.222 e. The highest BCUT2D eigenvalue weighted by atomic mass is 32.1. The molecule has 0 radical (unpaired) electrons. The summed E-state index contributed by atoms with van der Waals surface area (Å²) in [5.41, 5.74) is 14.0. The summed E-state index contributed by atoms with van der Waals surface area (Å²) in [6, 6.07) is 0. The molecule has 1 saturated heterocycles. The van der Waals surface area contributed by atoms with Gasteiger partial charge in [-0.1, -0.05) is 0 Å². The monoisotopic (exact) mass is 319 g/mol. The quantitative estimate of drug-likeness (QED) is 0.882. The fourth-order valence-corrected chi connectivity index (χ4v) is 4.71. The molecule has 0 saturated carbocycles. The first-order valence-electron chi connectivity index (χ1n) is 7.75. The van der Waals surface area contributed by atoms with Crippen molar-refractivity contribution in [1.29, 1.82) is 0 Å². The van der Waals surface area contributed by atoms with Crippen LogP contribution in [0.2, 0.25) is 0 Å². The van der Waals surface area contributed by atoms with Crippen molar-refractivity contribution in [3.63, 3.8) is 0 Å². The third-order valence-electron chi connectivity index (χ3n) is 4.76. The summed E-state index contributed by atoms with van der Waals surface area (Å²) in [7, 11) is 1.78. The predicted octanol–water partition coefficient (Wildman–Crippen LogP) is 1.17. The number of methoxy groups -OCH3 is 1. The van der Waals surface area contributed by atoms with Crippen LogP contribution in [-0.4, -0.2) is 42.8 Å². The molecule has 7 heteroatoms. The Hall–Kier alpha value is -1.44. The van der Waals surface area contributed by atoms with E-state index < -0.39 is 0 Å². The molecule has 6 nitrogen and oxygen atoms in total. The van der Waals surface area contributed by atoms with Gasteiger partial charge in [0, 0.05) is 37.4 Å². The Morgan fingerprint density at radius 3 is 2.91 bits per heavy atom. The lowest BCUT2D eigenvalue weighted by Crippen LogP contribution is -2.50. The third-order valence-corrected chi connectivity index (χ3v) is 6.04. The number of fused-ring (bicyclic) bond motifs is 3. The number of nitrogens with two attached hydrogens (primary N) is 2. The number of hydrogen-bond donors (Lipinski definition) is 2. The van der Waals surface area contributed by atoms with Crippen LogP contribution in [0.4, 0.5) is 11.8 Å². The molecule has 2 aromatic rings. The molecular formula is C15H21N5OS. The molecule has 22 heavy (non-hydrogen) atoms. The van der Waals surface area contributed by atoms with Crippen LogP contribution < -0.4 is 16.4 Å². The highest BCUT2D eigenvalue weighted by Crippen LogP contribution is 2.41. The minimum atomic E-state index is 0.288. The molecule has 1 aliphatic heterocycles. The molecule has 2 aromatic heterocycles. The highest BCUT2D eigenvalue weighted by molar-refractivity contribution is 7.19. The Kier molecular flexibility index (Phi) is 3.43. The molecule has 1 aliphatic carbocycles. The van der Waals surface area contributed by atoms with Gasteiger partial charge in [0.2, 0.25) is 5.95 Å². The van der Waals surface area contributed by atoms with Gasteiger partial charge in [-0.15, -0.1) is 11.3 Å². The van der Waals surface area contributed by atoms with Crippen molar-refractivity contribution in [2.45, 2.75) is 25.4 Å². The van der Waals surface area contributed by atoms with Crippen molar-refractivity contribution >= 4 is 33.3 Å². The van der Waals surface area contributed by atoms with E-state index in [4.69, 9.17) is 16.2 Å². The van der Waals surface area contributed by atoms with Gasteiger partial charge in [0.15, 0.2) is 5.82 Å². The summed E-state index contributed by atoms with van der Waals surface area (Å²) >= 11 is 1.82. The fraction of sp³-hybridized carbons (Fsp3) is 0.600. The maximum atomic E-state index is 5.97. The molecule has 118 valence electrons. The summed E-state index contributed by atoms with van der Waals surface area (Å²) in [5, 5.41) is 0. The summed E-state index contributed by atoms with van der Waals surface area (Å²) in [5.74, 6) is 1.91. The van der Waals surface area contributed by atoms with Crippen LogP contribution in [0.15, 0.2) is 0 Å². The number of hydrogen-bond acceptors (Lipinski definition) is 7. The van der Waals surface area contributed by atoms with Gasteiger partial charge in [0.25, 0.3) is 0 Å². The van der Waals surface area contributed by atoms with Gasteiger partial charge in [-0.3, -0.25) is 0 Å². The number of nitrogens with zero attached hydrogens (tertiary/aromatic N) is 3. The van der Waals surface area contributed by atoms with Crippen LogP contribution in [-0.2, 0) is 17.6 Å². The van der Waals surface area contributed by atoms with Crippen molar-refractivity contribution in [2.75, 3.05) is 37.4 Å². The van der Waals surface area contributed by atoms with Crippen molar-refractivity contribution in [3.8, 4) is 0 Å². The molecule has 1 fully saturated rings. The van der Waals surface area contributed by atoms with Crippen molar-refractivity contribution in [1.82, 2.24) is 9.97 Å². The van der Waals surface area contributed by atoms with Gasteiger partial charge in [-0.25, -0.2) is 4.98 Å². The van der Waals surface area contributed by atoms with Crippen molar-refractivity contribution in [2.24, 2.45) is 11.7 Å². The van der Waals surface area contributed by atoms with E-state index in [2.05, 4.69) is 14.9 Å². The molecule has 0 aromatic carbocycles. The first kappa shape index (κ1) is 14.2. The van der Waals surface area contributed by atoms with Crippen LogP contribution in [0.1, 0.15) is 16.9 Å². The van der Waals surface area contributed by atoms with Crippen molar-refractivity contribution in [3.05, 3.63) is 10.4 Å². The maximum absolute atomic E-state index is 5.97.